The Bertz CT molecular complexity index is 844. The highest BCUT2D eigenvalue weighted by molar-refractivity contribution is 14.0. The lowest BCUT2D eigenvalue weighted by Crippen LogP contribution is -2.45. The number of halogens is 1. The van der Waals surface area contributed by atoms with Crippen molar-refractivity contribution in [3.05, 3.63) is 46.3 Å². The molecule has 31 heavy (non-hydrogen) atoms. The second-order valence-electron chi connectivity index (χ2n) is 7.69. The van der Waals surface area contributed by atoms with Crippen molar-refractivity contribution in [1.29, 1.82) is 0 Å². The van der Waals surface area contributed by atoms with Gasteiger partial charge in [0.15, 0.2) is 5.96 Å². The van der Waals surface area contributed by atoms with Gasteiger partial charge in [0.2, 0.25) is 5.91 Å². The summed E-state index contributed by atoms with van der Waals surface area (Å²) in [5.74, 6) is 1.78. The van der Waals surface area contributed by atoms with Gasteiger partial charge in [-0.2, -0.15) is 0 Å². The molecule has 0 bridgehead atoms. The van der Waals surface area contributed by atoms with E-state index < -0.39 is 0 Å². The summed E-state index contributed by atoms with van der Waals surface area (Å²) in [7, 11) is 3.97. The third-order valence-corrected chi connectivity index (χ3v) is 6.34. The third-order valence-electron chi connectivity index (χ3n) is 5.40. The maximum atomic E-state index is 12.2. The lowest BCUT2D eigenvalue weighted by molar-refractivity contribution is -0.116. The van der Waals surface area contributed by atoms with Crippen LogP contribution < -0.4 is 16.0 Å². The molecule has 0 aliphatic carbocycles. The lowest BCUT2D eigenvalue weighted by Gasteiger charge is -2.39. The first-order valence-electron chi connectivity index (χ1n) is 10.5. The predicted molar refractivity (Wildman–Crippen MR) is 139 cm³/mol. The Labute approximate surface area is 206 Å². The Morgan fingerprint density at radius 2 is 2.13 bits per heavy atom. The van der Waals surface area contributed by atoms with Gasteiger partial charge in [-0.1, -0.05) is 12.1 Å². The quantitative estimate of drug-likeness (QED) is 0.276. The number of hydrogen-bond acceptors (Lipinski definition) is 5. The number of aliphatic imine (C=N–C) groups is 1. The number of carbonyl (C=O) groups is 1. The zero-order valence-corrected chi connectivity index (χ0v) is 21.6. The first-order chi connectivity index (χ1) is 14.6. The Balaban J connectivity index is 0.00000341. The van der Waals surface area contributed by atoms with E-state index in [2.05, 4.69) is 55.4 Å². The number of rotatable bonds is 7. The van der Waals surface area contributed by atoms with Crippen molar-refractivity contribution in [2.75, 3.05) is 39.0 Å². The molecule has 2 unspecified atom stereocenters. The number of aromatic nitrogens is 1. The minimum absolute atomic E-state index is 0. The van der Waals surface area contributed by atoms with Crippen LogP contribution in [0.5, 0.6) is 0 Å². The number of hydrogen-bond donors (Lipinski definition) is 3. The van der Waals surface area contributed by atoms with Gasteiger partial charge in [0, 0.05) is 43.2 Å². The molecule has 0 saturated carbocycles. The van der Waals surface area contributed by atoms with Gasteiger partial charge in [0.25, 0.3) is 0 Å². The molecule has 3 heterocycles. The summed E-state index contributed by atoms with van der Waals surface area (Å²) in [6, 6.07) is 10.4. The molecule has 1 aliphatic rings. The van der Waals surface area contributed by atoms with Crippen molar-refractivity contribution in [2.24, 2.45) is 10.9 Å². The number of pyridine rings is 1. The summed E-state index contributed by atoms with van der Waals surface area (Å²) in [6.07, 6.45) is 2.76. The summed E-state index contributed by atoms with van der Waals surface area (Å²) < 4.78 is 0. The number of carbonyl (C=O) groups excluding carboxylic acids is 1. The van der Waals surface area contributed by atoms with E-state index in [0.717, 1.165) is 24.7 Å². The van der Waals surface area contributed by atoms with Gasteiger partial charge in [-0.3, -0.25) is 14.7 Å². The van der Waals surface area contributed by atoms with Crippen molar-refractivity contribution in [2.45, 2.75) is 32.2 Å². The molecule has 1 fully saturated rings. The summed E-state index contributed by atoms with van der Waals surface area (Å²) in [6.45, 7) is 4.40. The van der Waals surface area contributed by atoms with E-state index in [4.69, 9.17) is 0 Å². The second-order valence-corrected chi connectivity index (χ2v) is 8.66. The standard InChI is InChI=1S/C22H32N6OS.HI/c1-16-7-4-10-19(26-16)27-20(29)11-12-24-22(23-2)25-15-17-8-5-13-28(3)21(17)18-9-6-14-30-18;/h4,6-7,9-10,14,17,21H,5,8,11-13,15H2,1-3H3,(H2,23,24,25)(H,26,27,29);1H. The van der Waals surface area contributed by atoms with E-state index in [0.29, 0.717) is 30.7 Å². The Hall–Kier alpha value is -1.72. The molecular weight excluding hydrogens is 523 g/mol. The van der Waals surface area contributed by atoms with Crippen LogP contribution in [0.25, 0.3) is 0 Å². The molecule has 2 aromatic rings. The van der Waals surface area contributed by atoms with Crippen LogP contribution in [0.3, 0.4) is 0 Å². The molecule has 0 aromatic carbocycles. The fraction of sp³-hybridized carbons (Fsp3) is 0.500. The first kappa shape index (κ1) is 25.5. The largest absolute Gasteiger partial charge is 0.356 e. The summed E-state index contributed by atoms with van der Waals surface area (Å²) in [5.41, 5.74) is 0.879. The van der Waals surface area contributed by atoms with Crippen LogP contribution in [0.15, 0.2) is 40.7 Å². The monoisotopic (exact) mass is 556 g/mol. The molecule has 170 valence electrons. The van der Waals surface area contributed by atoms with Crippen molar-refractivity contribution in [1.82, 2.24) is 20.5 Å². The SMILES string of the molecule is CN=C(NCCC(=O)Nc1cccc(C)n1)NCC1CCCN(C)C1c1cccs1.I. The smallest absolute Gasteiger partial charge is 0.227 e. The summed E-state index contributed by atoms with van der Waals surface area (Å²) in [4.78, 5) is 24.6. The average molecular weight is 557 g/mol. The third kappa shape index (κ3) is 7.73. The van der Waals surface area contributed by atoms with Gasteiger partial charge in [-0.15, -0.1) is 35.3 Å². The molecule has 0 radical (unpaired) electrons. The zero-order chi connectivity index (χ0) is 21.3. The second kappa shape index (κ2) is 13.0. The van der Waals surface area contributed by atoms with Crippen LogP contribution in [0.2, 0.25) is 0 Å². The van der Waals surface area contributed by atoms with Gasteiger partial charge < -0.3 is 16.0 Å². The van der Waals surface area contributed by atoms with Crippen LogP contribution in [0.4, 0.5) is 5.82 Å². The van der Waals surface area contributed by atoms with Crippen molar-refractivity contribution in [3.8, 4) is 0 Å². The highest BCUT2D eigenvalue weighted by Crippen LogP contribution is 2.36. The minimum Gasteiger partial charge on any atom is -0.356 e. The number of likely N-dealkylation sites (tertiary alicyclic amines) is 1. The fourth-order valence-corrected chi connectivity index (χ4v) is 4.93. The molecule has 7 nitrogen and oxygen atoms in total. The maximum Gasteiger partial charge on any atom is 0.227 e. The van der Waals surface area contributed by atoms with E-state index in [-0.39, 0.29) is 29.9 Å². The van der Waals surface area contributed by atoms with E-state index in [1.165, 1.54) is 17.7 Å². The number of guanidine groups is 1. The number of nitrogens with zero attached hydrogens (tertiary/aromatic N) is 3. The summed E-state index contributed by atoms with van der Waals surface area (Å²) >= 11 is 1.83. The number of piperidine rings is 1. The van der Waals surface area contributed by atoms with E-state index in [1.54, 1.807) is 13.1 Å². The Kier molecular flexibility index (Phi) is 10.7. The maximum absolute atomic E-state index is 12.2. The zero-order valence-electron chi connectivity index (χ0n) is 18.4. The normalized spacial score (nSPS) is 19.4. The van der Waals surface area contributed by atoms with Crippen LogP contribution in [0.1, 0.15) is 35.9 Å². The van der Waals surface area contributed by atoms with Gasteiger partial charge in [-0.05, 0) is 62.9 Å². The number of thiophene rings is 1. The van der Waals surface area contributed by atoms with E-state index in [1.807, 2.05) is 30.4 Å². The van der Waals surface area contributed by atoms with Crippen molar-refractivity contribution >= 4 is 53.0 Å². The highest BCUT2D eigenvalue weighted by atomic mass is 127. The van der Waals surface area contributed by atoms with Crippen molar-refractivity contribution < 1.29 is 4.79 Å². The number of aryl methyl sites for hydroxylation is 1. The molecule has 3 N–H and O–H groups in total. The van der Waals surface area contributed by atoms with E-state index >= 15 is 0 Å². The fourth-order valence-electron chi connectivity index (χ4n) is 3.94. The predicted octanol–water partition coefficient (Wildman–Crippen LogP) is 3.65. The van der Waals surface area contributed by atoms with Gasteiger partial charge >= 0.3 is 0 Å². The Morgan fingerprint density at radius 3 is 2.84 bits per heavy atom. The number of anilines is 1. The molecule has 2 aromatic heterocycles. The lowest BCUT2D eigenvalue weighted by atomic mass is 9.88. The molecule has 0 spiro atoms. The van der Waals surface area contributed by atoms with Crippen LogP contribution in [-0.4, -0.2) is 55.5 Å². The van der Waals surface area contributed by atoms with E-state index in [9.17, 15) is 4.79 Å². The van der Waals surface area contributed by atoms with Gasteiger partial charge in [0.05, 0.1) is 0 Å². The number of nitrogens with one attached hydrogen (secondary N) is 3. The molecule has 1 aliphatic heterocycles. The topological polar surface area (TPSA) is 81.6 Å². The Morgan fingerprint density at radius 1 is 1.29 bits per heavy atom. The van der Waals surface area contributed by atoms with Crippen LogP contribution >= 0.6 is 35.3 Å². The molecule has 1 saturated heterocycles. The van der Waals surface area contributed by atoms with Crippen LogP contribution in [0, 0.1) is 12.8 Å². The molecule has 3 rings (SSSR count). The first-order valence-corrected chi connectivity index (χ1v) is 11.4. The summed E-state index contributed by atoms with van der Waals surface area (Å²) in [5, 5.41) is 11.7. The van der Waals surface area contributed by atoms with Crippen molar-refractivity contribution in [3.63, 3.8) is 0 Å². The molecular formula is C22H33IN6OS. The highest BCUT2D eigenvalue weighted by Gasteiger charge is 2.31. The average Bonchev–Trinajstić information content (AvgIpc) is 3.25. The number of amides is 1. The molecule has 1 amide bonds. The molecule has 2 atom stereocenters. The van der Waals surface area contributed by atoms with Gasteiger partial charge in [-0.25, -0.2) is 4.98 Å². The van der Waals surface area contributed by atoms with Gasteiger partial charge in [0.1, 0.15) is 5.82 Å². The molecule has 9 heteroatoms. The van der Waals surface area contributed by atoms with Crippen LogP contribution in [-0.2, 0) is 4.79 Å². The minimum atomic E-state index is -0.0669.